The third kappa shape index (κ3) is 3.31. The maximum atomic E-state index is 5.97. The first-order valence-corrected chi connectivity index (χ1v) is 7.49. The first kappa shape index (κ1) is 14.2. The lowest BCUT2D eigenvalue weighted by Gasteiger charge is -2.15. The van der Waals surface area contributed by atoms with Crippen LogP contribution in [0.5, 0.6) is 0 Å². The third-order valence-electron chi connectivity index (χ3n) is 4.15. The average Bonchev–Trinajstić information content (AvgIpc) is 3.08. The van der Waals surface area contributed by atoms with Gasteiger partial charge in [0.1, 0.15) is 0 Å². The largest absolute Gasteiger partial charge is 0.334 e. The van der Waals surface area contributed by atoms with Gasteiger partial charge in [-0.05, 0) is 44.9 Å². The van der Waals surface area contributed by atoms with Crippen molar-refractivity contribution in [3.05, 3.63) is 35.7 Å². The van der Waals surface area contributed by atoms with Gasteiger partial charge in [0.25, 0.3) is 5.89 Å². The number of hydrogen-bond donors (Lipinski definition) is 1. The molecular formula is C16H22N4O. The fourth-order valence-electron chi connectivity index (χ4n) is 2.85. The van der Waals surface area contributed by atoms with Crippen molar-refractivity contribution in [2.45, 2.75) is 32.9 Å². The topological polar surface area (TPSA) is 68.2 Å². The molecule has 2 heterocycles. The highest BCUT2D eigenvalue weighted by atomic mass is 16.5. The van der Waals surface area contributed by atoms with E-state index in [2.05, 4.69) is 41.0 Å². The summed E-state index contributed by atoms with van der Waals surface area (Å²) in [5.41, 5.74) is 8.13. The van der Waals surface area contributed by atoms with E-state index in [0.29, 0.717) is 11.8 Å². The summed E-state index contributed by atoms with van der Waals surface area (Å²) in [5.74, 6) is 1.92. The molecule has 2 unspecified atom stereocenters. The highest BCUT2D eigenvalue weighted by molar-refractivity contribution is 5.53. The molecule has 1 saturated heterocycles. The minimum Gasteiger partial charge on any atom is -0.334 e. The van der Waals surface area contributed by atoms with Crippen molar-refractivity contribution >= 4 is 0 Å². The molecule has 0 radical (unpaired) electrons. The van der Waals surface area contributed by atoms with Crippen molar-refractivity contribution in [3.8, 4) is 11.5 Å². The van der Waals surface area contributed by atoms with Crippen LogP contribution in [0.3, 0.4) is 0 Å². The van der Waals surface area contributed by atoms with E-state index in [1.165, 1.54) is 5.56 Å². The van der Waals surface area contributed by atoms with Crippen molar-refractivity contribution < 1.29 is 4.52 Å². The highest BCUT2D eigenvalue weighted by Crippen LogP contribution is 2.22. The summed E-state index contributed by atoms with van der Waals surface area (Å²) in [6.07, 6.45) is 1.15. The van der Waals surface area contributed by atoms with Crippen LogP contribution in [0.2, 0.25) is 0 Å². The van der Waals surface area contributed by atoms with Crippen molar-refractivity contribution in [2.75, 3.05) is 13.1 Å². The molecule has 3 rings (SSSR count). The predicted octanol–water partition coefficient (Wildman–Crippen LogP) is 2.21. The lowest BCUT2D eigenvalue weighted by atomic mass is 10.0. The summed E-state index contributed by atoms with van der Waals surface area (Å²) in [6.45, 7) is 6.95. The Kier molecular flexibility index (Phi) is 4.03. The fourth-order valence-corrected chi connectivity index (χ4v) is 2.85. The molecule has 1 aromatic carbocycles. The average molecular weight is 286 g/mol. The van der Waals surface area contributed by atoms with Crippen molar-refractivity contribution in [1.29, 1.82) is 0 Å². The van der Waals surface area contributed by atoms with E-state index < -0.39 is 0 Å². The molecule has 21 heavy (non-hydrogen) atoms. The van der Waals surface area contributed by atoms with E-state index in [1.54, 1.807) is 0 Å². The van der Waals surface area contributed by atoms with Crippen LogP contribution >= 0.6 is 0 Å². The van der Waals surface area contributed by atoms with Crippen LogP contribution in [0, 0.1) is 12.8 Å². The standard InChI is InChI=1S/C16H22N4O/c1-11-4-3-5-13(8-11)16-18-15(19-21-16)10-20-7-6-14(9-20)12(2)17/h3-5,8,12,14H,6-7,9-10,17H2,1-2H3. The van der Waals surface area contributed by atoms with Gasteiger partial charge < -0.3 is 10.3 Å². The molecule has 1 aromatic heterocycles. The minimum atomic E-state index is 0.253. The molecule has 0 aliphatic carbocycles. The molecule has 0 amide bonds. The molecule has 0 spiro atoms. The zero-order valence-corrected chi connectivity index (χ0v) is 12.6. The molecule has 0 saturated carbocycles. The second-order valence-corrected chi connectivity index (χ2v) is 6.03. The number of benzene rings is 1. The molecule has 1 aliphatic heterocycles. The Morgan fingerprint density at radius 3 is 3.05 bits per heavy atom. The molecule has 0 bridgehead atoms. The summed E-state index contributed by atoms with van der Waals surface area (Å²) in [7, 11) is 0. The van der Waals surface area contributed by atoms with Gasteiger partial charge in [0, 0.05) is 18.2 Å². The Hall–Kier alpha value is -1.72. The number of aromatic nitrogens is 2. The lowest BCUT2D eigenvalue weighted by molar-refractivity contribution is 0.294. The maximum Gasteiger partial charge on any atom is 0.257 e. The summed E-state index contributed by atoms with van der Waals surface area (Å²) in [4.78, 5) is 6.85. The predicted molar refractivity (Wildman–Crippen MR) is 81.5 cm³/mol. The van der Waals surface area contributed by atoms with Gasteiger partial charge in [-0.25, -0.2) is 0 Å². The van der Waals surface area contributed by atoms with E-state index in [-0.39, 0.29) is 6.04 Å². The van der Waals surface area contributed by atoms with Crippen LogP contribution in [-0.4, -0.2) is 34.2 Å². The monoisotopic (exact) mass is 286 g/mol. The summed E-state index contributed by atoms with van der Waals surface area (Å²) < 4.78 is 5.38. The summed E-state index contributed by atoms with van der Waals surface area (Å²) >= 11 is 0. The maximum absolute atomic E-state index is 5.97. The number of likely N-dealkylation sites (tertiary alicyclic amines) is 1. The Morgan fingerprint density at radius 2 is 2.33 bits per heavy atom. The number of hydrogen-bond acceptors (Lipinski definition) is 5. The molecule has 5 heteroatoms. The number of aryl methyl sites for hydroxylation is 1. The quantitative estimate of drug-likeness (QED) is 0.933. The first-order chi connectivity index (χ1) is 10.1. The van der Waals surface area contributed by atoms with Crippen LogP contribution in [0.25, 0.3) is 11.5 Å². The zero-order valence-electron chi connectivity index (χ0n) is 12.6. The van der Waals surface area contributed by atoms with Gasteiger partial charge >= 0.3 is 0 Å². The van der Waals surface area contributed by atoms with Gasteiger partial charge in [-0.1, -0.05) is 22.9 Å². The van der Waals surface area contributed by atoms with Crippen LogP contribution in [-0.2, 0) is 6.54 Å². The van der Waals surface area contributed by atoms with Gasteiger partial charge in [0.2, 0.25) is 0 Å². The van der Waals surface area contributed by atoms with Crippen molar-refractivity contribution in [1.82, 2.24) is 15.0 Å². The summed E-state index contributed by atoms with van der Waals surface area (Å²) in [6, 6.07) is 8.36. The Bertz CT molecular complexity index is 608. The van der Waals surface area contributed by atoms with Gasteiger partial charge in [0.15, 0.2) is 5.82 Å². The summed E-state index contributed by atoms with van der Waals surface area (Å²) in [5, 5.41) is 4.10. The molecule has 1 fully saturated rings. The minimum absolute atomic E-state index is 0.253. The fraction of sp³-hybridized carbons (Fsp3) is 0.500. The van der Waals surface area contributed by atoms with E-state index >= 15 is 0 Å². The molecule has 5 nitrogen and oxygen atoms in total. The molecule has 2 N–H and O–H groups in total. The number of rotatable bonds is 4. The normalized spacial score (nSPS) is 20.8. The van der Waals surface area contributed by atoms with Gasteiger partial charge in [-0.3, -0.25) is 4.90 Å². The second kappa shape index (κ2) is 5.95. The highest BCUT2D eigenvalue weighted by Gasteiger charge is 2.26. The first-order valence-electron chi connectivity index (χ1n) is 7.49. The van der Waals surface area contributed by atoms with E-state index in [9.17, 15) is 0 Å². The zero-order chi connectivity index (χ0) is 14.8. The number of nitrogens with zero attached hydrogens (tertiary/aromatic N) is 3. The molecular weight excluding hydrogens is 264 g/mol. The Balaban J connectivity index is 1.66. The third-order valence-corrected chi connectivity index (χ3v) is 4.15. The Morgan fingerprint density at radius 1 is 1.48 bits per heavy atom. The van der Waals surface area contributed by atoms with Crippen molar-refractivity contribution in [3.63, 3.8) is 0 Å². The second-order valence-electron chi connectivity index (χ2n) is 6.03. The van der Waals surface area contributed by atoms with E-state index in [1.807, 2.05) is 12.1 Å². The van der Waals surface area contributed by atoms with E-state index in [0.717, 1.165) is 37.4 Å². The van der Waals surface area contributed by atoms with Crippen LogP contribution in [0.1, 0.15) is 24.7 Å². The molecule has 112 valence electrons. The van der Waals surface area contributed by atoms with Crippen LogP contribution < -0.4 is 5.73 Å². The van der Waals surface area contributed by atoms with Crippen LogP contribution in [0.4, 0.5) is 0 Å². The number of nitrogens with two attached hydrogens (primary N) is 1. The van der Waals surface area contributed by atoms with Gasteiger partial charge in [-0.2, -0.15) is 4.98 Å². The van der Waals surface area contributed by atoms with Crippen molar-refractivity contribution in [2.24, 2.45) is 11.7 Å². The van der Waals surface area contributed by atoms with Gasteiger partial charge in [0.05, 0.1) is 6.54 Å². The van der Waals surface area contributed by atoms with Crippen LogP contribution in [0.15, 0.2) is 28.8 Å². The SMILES string of the molecule is Cc1cccc(-c2nc(CN3CCC(C(C)N)C3)no2)c1. The Labute approximate surface area is 125 Å². The lowest BCUT2D eigenvalue weighted by Crippen LogP contribution is -2.29. The van der Waals surface area contributed by atoms with Gasteiger partial charge in [-0.15, -0.1) is 0 Å². The molecule has 2 aromatic rings. The smallest absolute Gasteiger partial charge is 0.257 e. The molecule has 1 aliphatic rings. The van der Waals surface area contributed by atoms with E-state index in [4.69, 9.17) is 10.3 Å². The molecule has 2 atom stereocenters.